The Bertz CT molecular complexity index is 203. The van der Waals surface area contributed by atoms with E-state index in [2.05, 4.69) is 0 Å². The van der Waals surface area contributed by atoms with Crippen LogP contribution >= 0.6 is 0 Å². The molecule has 0 radical (unpaired) electrons. The Labute approximate surface area is 78.4 Å². The van der Waals surface area contributed by atoms with Crippen molar-refractivity contribution in [1.29, 1.82) is 0 Å². The Morgan fingerprint density at radius 1 is 1.69 bits per heavy atom. The predicted octanol–water partition coefficient (Wildman–Crippen LogP) is 0.302. The summed E-state index contributed by atoms with van der Waals surface area (Å²) in [5.41, 5.74) is 5.27. The van der Waals surface area contributed by atoms with Gasteiger partial charge in [-0.3, -0.25) is 4.79 Å². The Hall–Kier alpha value is -0.610. The molecule has 0 amide bonds. The maximum Gasteiger partial charge on any atom is 0.313 e. The largest absolute Gasteiger partial charge is 0.466 e. The van der Waals surface area contributed by atoms with E-state index in [1.165, 1.54) is 0 Å². The fourth-order valence-electron chi connectivity index (χ4n) is 1.70. The van der Waals surface area contributed by atoms with E-state index < -0.39 is 5.60 Å². The molecule has 1 aliphatic rings. The fourth-order valence-corrected chi connectivity index (χ4v) is 1.70. The zero-order chi connectivity index (χ0) is 10.1. The summed E-state index contributed by atoms with van der Waals surface area (Å²) in [5, 5.41) is 0. The van der Waals surface area contributed by atoms with Gasteiger partial charge in [-0.15, -0.1) is 0 Å². The molecular weight excluding hydrogens is 170 g/mol. The first kappa shape index (κ1) is 10.5. The molecule has 0 aliphatic carbocycles. The van der Waals surface area contributed by atoms with Crippen molar-refractivity contribution >= 4 is 5.97 Å². The number of carbonyl (C=O) groups excluding carboxylic acids is 1. The molecule has 0 aromatic rings. The third kappa shape index (κ3) is 2.00. The third-order valence-electron chi connectivity index (χ3n) is 2.37. The highest BCUT2D eigenvalue weighted by atomic mass is 16.5. The molecule has 4 nitrogen and oxygen atoms in total. The monoisotopic (exact) mass is 187 g/mol. The van der Waals surface area contributed by atoms with E-state index in [0.29, 0.717) is 13.2 Å². The molecule has 13 heavy (non-hydrogen) atoms. The van der Waals surface area contributed by atoms with Gasteiger partial charge >= 0.3 is 5.97 Å². The normalized spacial score (nSPS) is 31.7. The van der Waals surface area contributed by atoms with Crippen molar-refractivity contribution in [3.05, 3.63) is 0 Å². The van der Waals surface area contributed by atoms with Gasteiger partial charge in [-0.05, 0) is 20.8 Å². The van der Waals surface area contributed by atoms with Crippen LogP contribution in [0.2, 0.25) is 0 Å². The molecule has 0 saturated carbocycles. The molecule has 4 heteroatoms. The Kier molecular flexibility index (Phi) is 2.93. The van der Waals surface area contributed by atoms with Gasteiger partial charge in [0.25, 0.3) is 0 Å². The SMILES string of the molecule is CCOC(=O)C1C(N)COC1(C)C. The van der Waals surface area contributed by atoms with Gasteiger partial charge in [0.15, 0.2) is 0 Å². The van der Waals surface area contributed by atoms with Crippen molar-refractivity contribution in [3.8, 4) is 0 Å². The Morgan fingerprint density at radius 2 is 2.31 bits per heavy atom. The van der Waals surface area contributed by atoms with Gasteiger partial charge < -0.3 is 15.2 Å². The van der Waals surface area contributed by atoms with Crippen LogP contribution < -0.4 is 5.73 Å². The maximum absolute atomic E-state index is 11.5. The lowest BCUT2D eigenvalue weighted by molar-refractivity contribution is -0.153. The maximum atomic E-state index is 11.5. The summed E-state index contributed by atoms with van der Waals surface area (Å²) in [6.45, 7) is 6.32. The molecule has 2 atom stereocenters. The number of nitrogens with two attached hydrogens (primary N) is 1. The number of esters is 1. The molecular formula is C9H17NO3. The lowest BCUT2D eigenvalue weighted by atomic mass is 9.88. The minimum Gasteiger partial charge on any atom is -0.466 e. The Balaban J connectivity index is 2.70. The highest BCUT2D eigenvalue weighted by Gasteiger charge is 2.47. The molecule has 0 spiro atoms. The van der Waals surface area contributed by atoms with Crippen LogP contribution in [0.3, 0.4) is 0 Å². The predicted molar refractivity (Wildman–Crippen MR) is 48.1 cm³/mol. The zero-order valence-corrected chi connectivity index (χ0v) is 8.37. The van der Waals surface area contributed by atoms with Gasteiger partial charge in [0.1, 0.15) is 5.92 Å². The smallest absolute Gasteiger partial charge is 0.313 e. The van der Waals surface area contributed by atoms with Crippen molar-refractivity contribution in [2.24, 2.45) is 11.7 Å². The summed E-state index contributed by atoms with van der Waals surface area (Å²) in [6.07, 6.45) is 0. The first-order valence-corrected chi connectivity index (χ1v) is 4.55. The molecule has 2 N–H and O–H groups in total. The van der Waals surface area contributed by atoms with Crippen LogP contribution in [0.1, 0.15) is 20.8 Å². The molecule has 1 fully saturated rings. The summed E-state index contributed by atoms with van der Waals surface area (Å²) in [6, 6.07) is -0.242. The highest BCUT2D eigenvalue weighted by Crippen LogP contribution is 2.31. The minimum atomic E-state index is -0.494. The summed E-state index contributed by atoms with van der Waals surface area (Å²) >= 11 is 0. The zero-order valence-electron chi connectivity index (χ0n) is 8.37. The number of hydrogen-bond acceptors (Lipinski definition) is 4. The summed E-state index contributed by atoms with van der Waals surface area (Å²) in [5.74, 6) is -0.593. The van der Waals surface area contributed by atoms with Crippen LogP contribution in [0.5, 0.6) is 0 Å². The molecule has 0 bridgehead atoms. The van der Waals surface area contributed by atoms with Gasteiger partial charge in [-0.1, -0.05) is 0 Å². The molecule has 76 valence electrons. The highest BCUT2D eigenvalue weighted by molar-refractivity contribution is 5.75. The van der Waals surface area contributed by atoms with Gasteiger partial charge in [0.2, 0.25) is 0 Å². The summed E-state index contributed by atoms with van der Waals surface area (Å²) < 4.78 is 10.3. The average molecular weight is 187 g/mol. The van der Waals surface area contributed by atoms with E-state index in [9.17, 15) is 4.79 Å². The van der Waals surface area contributed by atoms with Crippen LogP contribution in [0.4, 0.5) is 0 Å². The second kappa shape index (κ2) is 3.64. The lowest BCUT2D eigenvalue weighted by Crippen LogP contribution is -2.43. The van der Waals surface area contributed by atoms with Crippen LogP contribution in [-0.4, -0.2) is 30.8 Å². The number of ether oxygens (including phenoxy) is 2. The van der Waals surface area contributed by atoms with Crippen LogP contribution in [0, 0.1) is 5.92 Å². The van der Waals surface area contributed by atoms with Gasteiger partial charge in [0.05, 0.1) is 18.8 Å². The molecule has 2 unspecified atom stereocenters. The molecule has 1 rings (SSSR count). The molecule has 1 saturated heterocycles. The molecule has 0 aromatic carbocycles. The van der Waals surface area contributed by atoms with Crippen molar-refractivity contribution in [2.75, 3.05) is 13.2 Å². The van der Waals surface area contributed by atoms with E-state index >= 15 is 0 Å². The number of carbonyl (C=O) groups is 1. The van der Waals surface area contributed by atoms with Crippen LogP contribution in [0.25, 0.3) is 0 Å². The number of rotatable bonds is 2. The second-order valence-electron chi connectivity index (χ2n) is 3.81. The van der Waals surface area contributed by atoms with Gasteiger partial charge in [-0.25, -0.2) is 0 Å². The lowest BCUT2D eigenvalue weighted by Gasteiger charge is -2.25. The topological polar surface area (TPSA) is 61.5 Å². The molecule has 0 aromatic heterocycles. The van der Waals surface area contributed by atoms with Crippen molar-refractivity contribution in [1.82, 2.24) is 0 Å². The summed E-state index contributed by atoms with van der Waals surface area (Å²) in [4.78, 5) is 11.5. The van der Waals surface area contributed by atoms with Gasteiger partial charge in [-0.2, -0.15) is 0 Å². The molecule has 1 heterocycles. The number of hydrogen-bond donors (Lipinski definition) is 1. The van der Waals surface area contributed by atoms with E-state index in [0.717, 1.165) is 0 Å². The van der Waals surface area contributed by atoms with E-state index in [1.54, 1.807) is 6.92 Å². The van der Waals surface area contributed by atoms with Crippen molar-refractivity contribution in [2.45, 2.75) is 32.4 Å². The van der Waals surface area contributed by atoms with E-state index in [4.69, 9.17) is 15.2 Å². The van der Waals surface area contributed by atoms with Crippen molar-refractivity contribution in [3.63, 3.8) is 0 Å². The summed E-state index contributed by atoms with van der Waals surface area (Å²) in [7, 11) is 0. The van der Waals surface area contributed by atoms with Crippen LogP contribution in [-0.2, 0) is 14.3 Å². The van der Waals surface area contributed by atoms with E-state index in [1.807, 2.05) is 13.8 Å². The second-order valence-corrected chi connectivity index (χ2v) is 3.81. The van der Waals surface area contributed by atoms with E-state index in [-0.39, 0.29) is 17.9 Å². The third-order valence-corrected chi connectivity index (χ3v) is 2.37. The van der Waals surface area contributed by atoms with Gasteiger partial charge in [0, 0.05) is 6.04 Å². The first-order valence-electron chi connectivity index (χ1n) is 4.55. The minimum absolute atomic E-state index is 0.242. The van der Waals surface area contributed by atoms with Crippen LogP contribution in [0.15, 0.2) is 0 Å². The first-order chi connectivity index (χ1) is 5.99. The average Bonchev–Trinajstić information content (AvgIpc) is 2.26. The fraction of sp³-hybridized carbons (Fsp3) is 0.889. The van der Waals surface area contributed by atoms with Crippen molar-refractivity contribution < 1.29 is 14.3 Å². The standard InChI is InChI=1S/C9H17NO3/c1-4-12-8(11)7-6(10)5-13-9(7,2)3/h6-7H,4-5,10H2,1-3H3. The molecule has 1 aliphatic heterocycles. The quantitative estimate of drug-likeness (QED) is 0.632. The Morgan fingerprint density at radius 3 is 2.69 bits per heavy atom.